The fourth-order valence-corrected chi connectivity index (χ4v) is 7.01. The Morgan fingerprint density at radius 2 is 1.88 bits per heavy atom. The van der Waals surface area contributed by atoms with Crippen molar-refractivity contribution in [3.63, 3.8) is 0 Å². The number of hydrogen-bond acceptors (Lipinski definition) is 3. The van der Waals surface area contributed by atoms with Crippen molar-refractivity contribution in [3.8, 4) is 0 Å². The first kappa shape index (κ1) is 17.3. The Hall–Kier alpha value is -1.12. The molecule has 0 N–H and O–H groups in total. The van der Waals surface area contributed by atoms with Gasteiger partial charge in [0.1, 0.15) is 5.92 Å². The van der Waals surface area contributed by atoms with Crippen LogP contribution in [0.1, 0.15) is 65.7 Å². The highest BCUT2D eigenvalue weighted by Gasteiger charge is 2.62. The van der Waals surface area contributed by atoms with Gasteiger partial charge in [-0.25, -0.2) is 0 Å². The second-order valence-electron chi connectivity index (χ2n) is 9.74. The van der Waals surface area contributed by atoms with Gasteiger partial charge in [-0.1, -0.05) is 32.4 Å². The molecule has 4 aliphatic carbocycles. The number of ketones is 1. The summed E-state index contributed by atoms with van der Waals surface area (Å²) in [7, 11) is 1.41. The molecule has 3 nitrogen and oxygen atoms in total. The molecule has 0 saturated heterocycles. The van der Waals surface area contributed by atoms with E-state index in [0.717, 1.165) is 25.2 Å². The standard InChI is InChI=1S/C22H32O3/c1-13-7-9-21(2)14(11-13)5-6-15-17(21)8-10-22(3)18(15)12-16(19(22)23)20(24)25-4/h5,13,15-18H,6-12H2,1-4H3/t13-,15+,16?,17-,18-,21-,22-/m0/s1. The van der Waals surface area contributed by atoms with Crippen molar-refractivity contribution in [1.29, 1.82) is 0 Å². The minimum Gasteiger partial charge on any atom is -0.468 e. The lowest BCUT2D eigenvalue weighted by molar-refractivity contribution is -0.150. The van der Waals surface area contributed by atoms with E-state index < -0.39 is 5.92 Å². The van der Waals surface area contributed by atoms with Crippen molar-refractivity contribution in [2.75, 3.05) is 7.11 Å². The van der Waals surface area contributed by atoms with Crippen molar-refractivity contribution in [1.82, 2.24) is 0 Å². The molecule has 138 valence electrons. The normalized spacial score (nSPS) is 48.9. The van der Waals surface area contributed by atoms with Gasteiger partial charge in [0.15, 0.2) is 5.78 Å². The van der Waals surface area contributed by atoms with Gasteiger partial charge in [0.2, 0.25) is 0 Å². The maximum absolute atomic E-state index is 13.0. The maximum Gasteiger partial charge on any atom is 0.316 e. The number of carbonyl (C=O) groups is 2. The number of hydrogen-bond donors (Lipinski definition) is 0. The second-order valence-corrected chi connectivity index (χ2v) is 9.74. The summed E-state index contributed by atoms with van der Waals surface area (Å²) >= 11 is 0. The summed E-state index contributed by atoms with van der Waals surface area (Å²) in [6.45, 7) is 6.99. The van der Waals surface area contributed by atoms with Crippen LogP contribution < -0.4 is 0 Å². The number of ether oxygens (including phenoxy) is 1. The van der Waals surface area contributed by atoms with Gasteiger partial charge in [0, 0.05) is 5.41 Å². The Morgan fingerprint density at radius 1 is 1.16 bits per heavy atom. The van der Waals surface area contributed by atoms with E-state index in [1.54, 1.807) is 5.57 Å². The quantitative estimate of drug-likeness (QED) is 0.398. The molecule has 4 aliphatic rings. The van der Waals surface area contributed by atoms with Gasteiger partial charge in [-0.2, -0.15) is 0 Å². The van der Waals surface area contributed by atoms with Crippen molar-refractivity contribution < 1.29 is 14.3 Å². The first-order valence-electron chi connectivity index (χ1n) is 10.1. The van der Waals surface area contributed by atoms with Crippen LogP contribution in [-0.2, 0) is 14.3 Å². The van der Waals surface area contributed by atoms with Gasteiger partial charge in [-0.05, 0) is 74.0 Å². The lowest BCUT2D eigenvalue weighted by Crippen LogP contribution is -2.50. The number of allylic oxidation sites excluding steroid dienone is 2. The Labute approximate surface area is 151 Å². The summed E-state index contributed by atoms with van der Waals surface area (Å²) in [5.74, 6) is 1.70. The highest BCUT2D eigenvalue weighted by atomic mass is 16.5. The zero-order valence-electron chi connectivity index (χ0n) is 16.1. The van der Waals surface area contributed by atoms with E-state index in [2.05, 4.69) is 26.8 Å². The molecule has 0 heterocycles. The van der Waals surface area contributed by atoms with Crippen LogP contribution >= 0.6 is 0 Å². The fraction of sp³-hybridized carbons (Fsp3) is 0.818. The summed E-state index contributed by atoms with van der Waals surface area (Å²) < 4.78 is 4.94. The molecule has 0 amide bonds. The molecule has 3 fully saturated rings. The Bertz CT molecular complexity index is 635. The summed E-state index contributed by atoms with van der Waals surface area (Å²) in [6, 6.07) is 0. The molecule has 4 rings (SSSR count). The minimum absolute atomic E-state index is 0.153. The van der Waals surface area contributed by atoms with Crippen LogP contribution in [-0.4, -0.2) is 18.9 Å². The molecule has 1 unspecified atom stereocenters. The molecular formula is C22H32O3. The predicted octanol–water partition coefficient (Wildman–Crippen LogP) is 4.55. The van der Waals surface area contributed by atoms with Crippen LogP contribution in [0, 0.1) is 40.4 Å². The zero-order valence-corrected chi connectivity index (χ0v) is 16.1. The molecule has 0 radical (unpaired) electrons. The number of Topliss-reactive ketones (excluding diaryl/α,β-unsaturated/α-hetero) is 1. The second kappa shape index (κ2) is 5.69. The molecule has 3 saturated carbocycles. The monoisotopic (exact) mass is 344 g/mol. The molecule has 0 aromatic carbocycles. The first-order valence-corrected chi connectivity index (χ1v) is 10.1. The fourth-order valence-electron chi connectivity index (χ4n) is 7.01. The van der Waals surface area contributed by atoms with Crippen LogP contribution in [0.15, 0.2) is 11.6 Å². The Kier molecular flexibility index (Phi) is 3.94. The molecule has 7 atom stereocenters. The van der Waals surface area contributed by atoms with Gasteiger partial charge < -0.3 is 4.74 Å². The predicted molar refractivity (Wildman–Crippen MR) is 96.8 cm³/mol. The van der Waals surface area contributed by atoms with Crippen molar-refractivity contribution in [2.45, 2.75) is 65.7 Å². The van der Waals surface area contributed by atoms with E-state index in [0.29, 0.717) is 29.6 Å². The molecule has 25 heavy (non-hydrogen) atoms. The lowest BCUT2D eigenvalue weighted by atomic mass is 9.47. The summed E-state index contributed by atoms with van der Waals surface area (Å²) in [5.41, 5.74) is 1.69. The van der Waals surface area contributed by atoms with Crippen molar-refractivity contribution in [2.24, 2.45) is 40.4 Å². The summed E-state index contributed by atoms with van der Waals surface area (Å²) in [5, 5.41) is 0. The van der Waals surface area contributed by atoms with Gasteiger partial charge in [0.25, 0.3) is 0 Å². The van der Waals surface area contributed by atoms with E-state index >= 15 is 0 Å². The van der Waals surface area contributed by atoms with Crippen LogP contribution in [0.2, 0.25) is 0 Å². The van der Waals surface area contributed by atoms with E-state index in [4.69, 9.17) is 4.74 Å². The Balaban J connectivity index is 1.67. The van der Waals surface area contributed by atoms with Gasteiger partial charge in [0.05, 0.1) is 7.11 Å². The van der Waals surface area contributed by atoms with Crippen molar-refractivity contribution >= 4 is 11.8 Å². The number of rotatable bonds is 1. The molecule has 0 aromatic heterocycles. The number of fused-ring (bicyclic) bond motifs is 5. The largest absolute Gasteiger partial charge is 0.468 e. The minimum atomic E-state index is -0.525. The first-order chi connectivity index (χ1) is 11.8. The number of methoxy groups -OCH3 is 1. The van der Waals surface area contributed by atoms with Gasteiger partial charge in [-0.15, -0.1) is 0 Å². The number of carbonyl (C=O) groups excluding carboxylic acids is 2. The molecule has 0 aliphatic heterocycles. The lowest BCUT2D eigenvalue weighted by Gasteiger charge is -2.56. The van der Waals surface area contributed by atoms with Crippen LogP contribution in [0.5, 0.6) is 0 Å². The smallest absolute Gasteiger partial charge is 0.316 e. The average Bonchev–Trinajstić information content (AvgIpc) is 2.87. The SMILES string of the molecule is COC(=O)C1C[C@H]2[C@@H]3CC=C4C[C@@H](C)CC[C@]4(C)[C@H]3CC[C@]2(C)C1=O. The topological polar surface area (TPSA) is 43.4 Å². The van der Waals surface area contributed by atoms with Gasteiger partial charge in [-0.3, -0.25) is 9.59 Å². The number of esters is 1. The molecule has 0 bridgehead atoms. The van der Waals surface area contributed by atoms with Crippen LogP contribution in [0.25, 0.3) is 0 Å². The molecule has 0 aromatic rings. The summed E-state index contributed by atoms with van der Waals surface area (Å²) in [4.78, 5) is 25.2. The van der Waals surface area contributed by atoms with E-state index in [1.165, 1.54) is 26.4 Å². The third kappa shape index (κ3) is 2.30. The van der Waals surface area contributed by atoms with E-state index in [1.807, 2.05) is 0 Å². The van der Waals surface area contributed by atoms with E-state index in [9.17, 15) is 9.59 Å². The highest BCUT2D eigenvalue weighted by molar-refractivity contribution is 6.03. The molecule has 3 heteroatoms. The van der Waals surface area contributed by atoms with E-state index in [-0.39, 0.29) is 17.2 Å². The highest BCUT2D eigenvalue weighted by Crippen LogP contribution is 2.65. The van der Waals surface area contributed by atoms with Gasteiger partial charge >= 0.3 is 5.97 Å². The molecule has 0 spiro atoms. The van der Waals surface area contributed by atoms with Crippen LogP contribution in [0.4, 0.5) is 0 Å². The third-order valence-electron chi connectivity index (χ3n) is 8.59. The summed E-state index contributed by atoms with van der Waals surface area (Å²) in [6.07, 6.45) is 10.3. The van der Waals surface area contributed by atoms with Crippen LogP contribution in [0.3, 0.4) is 0 Å². The van der Waals surface area contributed by atoms with Crippen molar-refractivity contribution in [3.05, 3.63) is 11.6 Å². The Morgan fingerprint density at radius 3 is 2.60 bits per heavy atom. The average molecular weight is 344 g/mol. The third-order valence-corrected chi connectivity index (χ3v) is 8.59. The maximum atomic E-state index is 13.0. The molecular weight excluding hydrogens is 312 g/mol. The zero-order chi connectivity index (χ0) is 18.0.